The molecule has 0 bridgehead atoms. The van der Waals surface area contributed by atoms with Crippen LogP contribution in [0.4, 0.5) is 0 Å². The largest absolute Gasteiger partial charge is 0.314 e. The van der Waals surface area contributed by atoms with E-state index < -0.39 is 0 Å². The van der Waals surface area contributed by atoms with Gasteiger partial charge in [0, 0.05) is 6.04 Å². The smallest absolute Gasteiger partial charge is 0.00979 e. The van der Waals surface area contributed by atoms with Crippen LogP contribution in [-0.2, 0) is 0 Å². The molecule has 1 heteroatoms. The lowest BCUT2D eigenvalue weighted by Gasteiger charge is -2.37. The van der Waals surface area contributed by atoms with E-state index in [2.05, 4.69) is 26.1 Å². The van der Waals surface area contributed by atoms with E-state index in [-0.39, 0.29) is 0 Å². The lowest BCUT2D eigenvalue weighted by atomic mass is 9.74. The topological polar surface area (TPSA) is 12.0 Å². The minimum Gasteiger partial charge on any atom is -0.314 e. The van der Waals surface area contributed by atoms with Crippen molar-refractivity contribution in [2.75, 3.05) is 6.54 Å². The highest BCUT2D eigenvalue weighted by Crippen LogP contribution is 2.33. The van der Waals surface area contributed by atoms with E-state index in [1.54, 1.807) is 0 Å². The molecule has 1 aliphatic carbocycles. The van der Waals surface area contributed by atoms with E-state index in [9.17, 15) is 0 Å². The molecule has 1 fully saturated rings. The second-order valence-electron chi connectivity index (χ2n) is 5.09. The summed E-state index contributed by atoms with van der Waals surface area (Å²) in [6.07, 6.45) is 9.79. The highest BCUT2D eigenvalue weighted by molar-refractivity contribution is 4.84. The summed E-state index contributed by atoms with van der Waals surface area (Å²) in [5.41, 5.74) is 0. The lowest BCUT2D eigenvalue weighted by molar-refractivity contribution is 0.177. The van der Waals surface area contributed by atoms with Crippen LogP contribution in [0, 0.1) is 11.8 Å². The first-order valence-corrected chi connectivity index (χ1v) is 7.06. The zero-order valence-corrected chi connectivity index (χ0v) is 10.9. The summed E-state index contributed by atoms with van der Waals surface area (Å²) in [6, 6.07) is 0.823. The van der Waals surface area contributed by atoms with Gasteiger partial charge in [0.15, 0.2) is 0 Å². The summed E-state index contributed by atoms with van der Waals surface area (Å²) in [5.74, 6) is 1.92. The van der Waals surface area contributed by atoms with Gasteiger partial charge in [0.25, 0.3) is 0 Å². The van der Waals surface area contributed by atoms with Gasteiger partial charge in [0.05, 0.1) is 0 Å². The van der Waals surface area contributed by atoms with Crippen molar-refractivity contribution in [1.29, 1.82) is 0 Å². The summed E-state index contributed by atoms with van der Waals surface area (Å²) >= 11 is 0. The van der Waals surface area contributed by atoms with Crippen LogP contribution in [0.25, 0.3) is 0 Å². The van der Waals surface area contributed by atoms with Gasteiger partial charge in [-0.2, -0.15) is 0 Å². The lowest BCUT2D eigenvalue weighted by Crippen LogP contribution is -2.42. The molecule has 15 heavy (non-hydrogen) atoms. The van der Waals surface area contributed by atoms with Gasteiger partial charge in [-0.05, 0) is 37.6 Å². The minimum absolute atomic E-state index is 0.823. The van der Waals surface area contributed by atoms with Crippen molar-refractivity contribution in [2.45, 2.75) is 71.8 Å². The van der Waals surface area contributed by atoms with Crippen LogP contribution in [0.5, 0.6) is 0 Å². The molecule has 0 aromatic rings. The molecular formula is C14H29N. The number of hydrogen-bond donors (Lipinski definition) is 1. The molecule has 0 radical (unpaired) electrons. The van der Waals surface area contributed by atoms with Crippen molar-refractivity contribution in [1.82, 2.24) is 5.32 Å². The fourth-order valence-corrected chi connectivity index (χ4v) is 3.20. The van der Waals surface area contributed by atoms with Crippen molar-refractivity contribution in [3.63, 3.8) is 0 Å². The molecule has 0 heterocycles. The second-order valence-corrected chi connectivity index (χ2v) is 5.09. The first-order valence-electron chi connectivity index (χ1n) is 7.06. The van der Waals surface area contributed by atoms with Crippen LogP contribution < -0.4 is 5.32 Å². The maximum atomic E-state index is 3.77. The van der Waals surface area contributed by atoms with Gasteiger partial charge in [0.2, 0.25) is 0 Å². The maximum Gasteiger partial charge on any atom is 0.00979 e. The van der Waals surface area contributed by atoms with Crippen LogP contribution in [0.1, 0.15) is 65.7 Å². The first-order chi connectivity index (χ1) is 7.33. The quantitative estimate of drug-likeness (QED) is 0.700. The van der Waals surface area contributed by atoms with Gasteiger partial charge in [0.1, 0.15) is 0 Å². The molecule has 0 aromatic carbocycles. The van der Waals surface area contributed by atoms with Gasteiger partial charge < -0.3 is 5.32 Å². The minimum atomic E-state index is 0.823. The SMILES string of the molecule is CCCNC1CCCCC1C(CC)CC. The normalized spacial score (nSPS) is 27.2. The van der Waals surface area contributed by atoms with Gasteiger partial charge in [-0.1, -0.05) is 46.5 Å². The Kier molecular flexibility index (Phi) is 6.31. The first kappa shape index (κ1) is 13.0. The molecule has 0 aliphatic heterocycles. The number of rotatable bonds is 6. The molecule has 0 amide bonds. The highest BCUT2D eigenvalue weighted by atomic mass is 14.9. The summed E-state index contributed by atoms with van der Waals surface area (Å²) in [5, 5.41) is 3.77. The average molecular weight is 211 g/mol. The van der Waals surface area contributed by atoms with Crippen LogP contribution in [0.15, 0.2) is 0 Å². The van der Waals surface area contributed by atoms with Gasteiger partial charge in [-0.3, -0.25) is 0 Å². The third kappa shape index (κ3) is 3.79. The van der Waals surface area contributed by atoms with Crippen molar-refractivity contribution >= 4 is 0 Å². The molecule has 1 N–H and O–H groups in total. The van der Waals surface area contributed by atoms with E-state index in [4.69, 9.17) is 0 Å². The monoisotopic (exact) mass is 211 g/mol. The fraction of sp³-hybridized carbons (Fsp3) is 1.00. The van der Waals surface area contributed by atoms with Gasteiger partial charge in [-0.25, -0.2) is 0 Å². The van der Waals surface area contributed by atoms with E-state index in [1.165, 1.54) is 51.5 Å². The summed E-state index contributed by atoms with van der Waals surface area (Å²) in [6.45, 7) is 8.20. The van der Waals surface area contributed by atoms with Crippen molar-refractivity contribution in [3.8, 4) is 0 Å². The average Bonchev–Trinajstić information content (AvgIpc) is 2.29. The zero-order chi connectivity index (χ0) is 11.1. The van der Waals surface area contributed by atoms with Crippen LogP contribution >= 0.6 is 0 Å². The third-order valence-corrected chi connectivity index (χ3v) is 4.13. The predicted octanol–water partition coefficient (Wildman–Crippen LogP) is 3.98. The molecule has 0 aromatic heterocycles. The molecule has 1 rings (SSSR count). The Morgan fingerprint density at radius 1 is 1.07 bits per heavy atom. The molecule has 1 aliphatic rings. The number of nitrogens with one attached hydrogen (secondary N) is 1. The van der Waals surface area contributed by atoms with Gasteiger partial charge >= 0.3 is 0 Å². The Hall–Kier alpha value is -0.0400. The Balaban J connectivity index is 2.48. The molecule has 0 saturated heterocycles. The summed E-state index contributed by atoms with van der Waals surface area (Å²) in [7, 11) is 0. The van der Waals surface area contributed by atoms with Crippen LogP contribution in [0.2, 0.25) is 0 Å². The molecule has 0 spiro atoms. The Morgan fingerprint density at radius 3 is 2.33 bits per heavy atom. The van der Waals surface area contributed by atoms with E-state index in [0.717, 1.165) is 17.9 Å². The van der Waals surface area contributed by atoms with E-state index >= 15 is 0 Å². The van der Waals surface area contributed by atoms with E-state index in [0.29, 0.717) is 0 Å². The van der Waals surface area contributed by atoms with Gasteiger partial charge in [-0.15, -0.1) is 0 Å². The maximum absolute atomic E-state index is 3.77. The third-order valence-electron chi connectivity index (χ3n) is 4.13. The van der Waals surface area contributed by atoms with Crippen molar-refractivity contribution in [3.05, 3.63) is 0 Å². The molecule has 1 saturated carbocycles. The standard InChI is InChI=1S/C14H29N/c1-4-11-15-14-10-8-7-9-13(14)12(5-2)6-3/h12-15H,4-11H2,1-3H3. The summed E-state index contributed by atoms with van der Waals surface area (Å²) in [4.78, 5) is 0. The Bertz CT molecular complexity index is 151. The zero-order valence-electron chi connectivity index (χ0n) is 10.9. The highest BCUT2D eigenvalue weighted by Gasteiger charge is 2.29. The molecular weight excluding hydrogens is 182 g/mol. The van der Waals surface area contributed by atoms with Crippen LogP contribution in [-0.4, -0.2) is 12.6 Å². The second kappa shape index (κ2) is 7.27. The Labute approximate surface area is 96.0 Å². The molecule has 2 atom stereocenters. The predicted molar refractivity (Wildman–Crippen MR) is 68.1 cm³/mol. The summed E-state index contributed by atoms with van der Waals surface area (Å²) < 4.78 is 0. The molecule has 2 unspecified atom stereocenters. The molecule has 90 valence electrons. The van der Waals surface area contributed by atoms with Crippen LogP contribution in [0.3, 0.4) is 0 Å². The number of hydrogen-bond acceptors (Lipinski definition) is 1. The van der Waals surface area contributed by atoms with Crippen molar-refractivity contribution in [2.24, 2.45) is 11.8 Å². The fourth-order valence-electron chi connectivity index (χ4n) is 3.20. The van der Waals surface area contributed by atoms with E-state index in [1.807, 2.05) is 0 Å². The van der Waals surface area contributed by atoms with Crippen molar-refractivity contribution < 1.29 is 0 Å². The Morgan fingerprint density at radius 2 is 1.73 bits per heavy atom. The molecule has 1 nitrogen and oxygen atoms in total.